The predicted octanol–water partition coefficient (Wildman–Crippen LogP) is 3.79. The van der Waals surface area contributed by atoms with Gasteiger partial charge in [0.1, 0.15) is 5.82 Å². The number of rotatable bonds is 6. The molecule has 0 fully saturated rings. The van der Waals surface area contributed by atoms with Crippen molar-refractivity contribution in [3.05, 3.63) is 69.9 Å². The van der Waals surface area contributed by atoms with Crippen molar-refractivity contribution in [3.8, 4) is 0 Å². The topological polar surface area (TPSA) is 46.6 Å². The van der Waals surface area contributed by atoms with E-state index in [1.54, 1.807) is 0 Å². The van der Waals surface area contributed by atoms with Crippen molar-refractivity contribution in [1.82, 2.24) is 4.90 Å². The Kier molecular flexibility index (Phi) is 6.49. The van der Waals surface area contributed by atoms with Crippen LogP contribution in [0.1, 0.15) is 22.3 Å². The molecule has 2 aromatic carbocycles. The summed E-state index contributed by atoms with van der Waals surface area (Å²) in [5.74, 6) is -1.49. The molecule has 0 bridgehead atoms. The fraction of sp³-hybridized carbons (Fsp3) is 0.222. The second-order valence-corrected chi connectivity index (χ2v) is 6.08. The molecule has 24 heavy (non-hydrogen) atoms. The SMILES string of the molecule is COC(=O)CCN(Cc1ccccc1)C(=O)c1cc(Br)ccc1F. The van der Waals surface area contributed by atoms with Crippen LogP contribution in [-0.2, 0) is 16.1 Å². The zero-order chi connectivity index (χ0) is 17.5. The average Bonchev–Trinajstić information content (AvgIpc) is 2.60. The molecule has 0 aliphatic carbocycles. The molecule has 0 aliphatic heterocycles. The van der Waals surface area contributed by atoms with E-state index in [0.29, 0.717) is 4.47 Å². The molecule has 0 saturated heterocycles. The summed E-state index contributed by atoms with van der Waals surface area (Å²) in [5, 5.41) is 0. The van der Waals surface area contributed by atoms with Crippen LogP contribution in [0.4, 0.5) is 4.39 Å². The van der Waals surface area contributed by atoms with Gasteiger partial charge in [-0.2, -0.15) is 0 Å². The average molecular weight is 394 g/mol. The Balaban J connectivity index is 2.24. The third-order valence-corrected chi connectivity index (χ3v) is 3.97. The van der Waals surface area contributed by atoms with Crippen LogP contribution in [0.15, 0.2) is 53.0 Å². The Morgan fingerprint density at radius 2 is 1.88 bits per heavy atom. The van der Waals surface area contributed by atoms with Crippen molar-refractivity contribution in [1.29, 1.82) is 0 Å². The van der Waals surface area contributed by atoms with Gasteiger partial charge in [0, 0.05) is 17.6 Å². The summed E-state index contributed by atoms with van der Waals surface area (Å²) in [6, 6.07) is 13.5. The first-order valence-electron chi connectivity index (χ1n) is 7.36. The maximum Gasteiger partial charge on any atom is 0.307 e. The number of hydrogen-bond donors (Lipinski definition) is 0. The monoisotopic (exact) mass is 393 g/mol. The molecule has 2 aromatic rings. The molecule has 0 radical (unpaired) electrons. The van der Waals surface area contributed by atoms with E-state index in [2.05, 4.69) is 20.7 Å². The van der Waals surface area contributed by atoms with Crippen LogP contribution in [0.3, 0.4) is 0 Å². The molecule has 0 aliphatic rings. The van der Waals surface area contributed by atoms with Gasteiger partial charge in [0.05, 0.1) is 19.1 Å². The van der Waals surface area contributed by atoms with Crippen LogP contribution >= 0.6 is 15.9 Å². The molecule has 0 N–H and O–H groups in total. The summed E-state index contributed by atoms with van der Waals surface area (Å²) >= 11 is 3.24. The number of benzene rings is 2. The van der Waals surface area contributed by atoms with E-state index in [1.807, 2.05) is 30.3 Å². The Morgan fingerprint density at radius 3 is 2.54 bits per heavy atom. The zero-order valence-corrected chi connectivity index (χ0v) is 14.8. The quantitative estimate of drug-likeness (QED) is 0.701. The van der Waals surface area contributed by atoms with E-state index < -0.39 is 17.7 Å². The maximum absolute atomic E-state index is 14.0. The van der Waals surface area contributed by atoms with Crippen molar-refractivity contribution < 1.29 is 18.7 Å². The van der Waals surface area contributed by atoms with E-state index in [9.17, 15) is 14.0 Å². The second kappa shape index (κ2) is 8.59. The Morgan fingerprint density at radius 1 is 1.17 bits per heavy atom. The van der Waals surface area contributed by atoms with Gasteiger partial charge in [0.25, 0.3) is 5.91 Å². The lowest BCUT2D eigenvalue weighted by Gasteiger charge is -2.23. The summed E-state index contributed by atoms with van der Waals surface area (Å²) in [5.41, 5.74) is 0.858. The van der Waals surface area contributed by atoms with Crippen LogP contribution in [0.5, 0.6) is 0 Å². The number of halogens is 2. The van der Waals surface area contributed by atoms with Crippen LogP contribution in [0.2, 0.25) is 0 Å². The summed E-state index contributed by atoms with van der Waals surface area (Å²) in [6.07, 6.45) is 0.0463. The van der Waals surface area contributed by atoms with Crippen molar-refractivity contribution in [3.63, 3.8) is 0 Å². The van der Waals surface area contributed by atoms with Gasteiger partial charge in [-0.25, -0.2) is 4.39 Å². The van der Waals surface area contributed by atoms with Crippen molar-refractivity contribution in [2.24, 2.45) is 0 Å². The fourth-order valence-electron chi connectivity index (χ4n) is 2.22. The van der Waals surface area contributed by atoms with Gasteiger partial charge in [0.2, 0.25) is 0 Å². The third kappa shape index (κ3) is 4.89. The molecule has 1 amide bonds. The molecule has 6 heteroatoms. The van der Waals surface area contributed by atoms with E-state index in [1.165, 1.54) is 30.2 Å². The summed E-state index contributed by atoms with van der Waals surface area (Å²) in [6.45, 7) is 0.426. The summed E-state index contributed by atoms with van der Waals surface area (Å²) < 4.78 is 19.3. The normalized spacial score (nSPS) is 10.3. The van der Waals surface area contributed by atoms with Gasteiger partial charge in [-0.1, -0.05) is 46.3 Å². The Hall–Kier alpha value is -2.21. The van der Waals surface area contributed by atoms with Crippen LogP contribution in [0.25, 0.3) is 0 Å². The molecular weight excluding hydrogens is 377 g/mol. The maximum atomic E-state index is 14.0. The molecule has 0 atom stereocenters. The molecule has 0 unspecified atom stereocenters. The lowest BCUT2D eigenvalue weighted by Crippen LogP contribution is -2.33. The molecule has 126 valence electrons. The van der Waals surface area contributed by atoms with E-state index >= 15 is 0 Å². The highest BCUT2D eigenvalue weighted by molar-refractivity contribution is 9.10. The minimum absolute atomic E-state index is 0.0369. The number of amides is 1. The number of carbonyl (C=O) groups is 2. The Bertz CT molecular complexity index is 721. The molecule has 4 nitrogen and oxygen atoms in total. The number of carbonyl (C=O) groups excluding carboxylic acids is 2. The first kappa shape index (κ1) is 18.1. The molecule has 0 saturated carbocycles. The second-order valence-electron chi connectivity index (χ2n) is 5.16. The lowest BCUT2D eigenvalue weighted by molar-refractivity contribution is -0.140. The number of ether oxygens (including phenoxy) is 1. The fourth-order valence-corrected chi connectivity index (χ4v) is 2.58. The minimum Gasteiger partial charge on any atom is -0.469 e. The van der Waals surface area contributed by atoms with Gasteiger partial charge in [-0.15, -0.1) is 0 Å². The van der Waals surface area contributed by atoms with Gasteiger partial charge in [-0.05, 0) is 23.8 Å². The van der Waals surface area contributed by atoms with Gasteiger partial charge in [-0.3, -0.25) is 9.59 Å². The first-order chi connectivity index (χ1) is 11.5. The molecule has 0 heterocycles. The minimum atomic E-state index is -0.598. The highest BCUT2D eigenvalue weighted by Gasteiger charge is 2.21. The van der Waals surface area contributed by atoms with Crippen LogP contribution < -0.4 is 0 Å². The standard InChI is InChI=1S/C18H17BrFNO3/c1-24-17(22)9-10-21(12-13-5-3-2-4-6-13)18(23)15-11-14(19)7-8-16(15)20/h2-8,11H,9-10,12H2,1H3. The molecule has 0 spiro atoms. The summed E-state index contributed by atoms with van der Waals surface area (Å²) in [4.78, 5) is 25.6. The zero-order valence-electron chi connectivity index (χ0n) is 13.2. The first-order valence-corrected chi connectivity index (χ1v) is 8.15. The molecular formula is C18H17BrFNO3. The van der Waals surface area contributed by atoms with Crippen LogP contribution in [-0.4, -0.2) is 30.4 Å². The lowest BCUT2D eigenvalue weighted by atomic mass is 10.1. The van der Waals surface area contributed by atoms with Gasteiger partial charge >= 0.3 is 5.97 Å². The molecule has 0 aromatic heterocycles. The van der Waals surface area contributed by atoms with E-state index in [4.69, 9.17) is 0 Å². The Labute approximate surface area is 148 Å². The largest absolute Gasteiger partial charge is 0.469 e. The number of methoxy groups -OCH3 is 1. The van der Waals surface area contributed by atoms with E-state index in [-0.39, 0.29) is 25.1 Å². The molecule has 2 rings (SSSR count). The highest BCUT2D eigenvalue weighted by Crippen LogP contribution is 2.19. The number of esters is 1. The number of hydrogen-bond acceptors (Lipinski definition) is 3. The third-order valence-electron chi connectivity index (χ3n) is 3.48. The van der Waals surface area contributed by atoms with E-state index in [0.717, 1.165) is 5.56 Å². The smallest absolute Gasteiger partial charge is 0.307 e. The van der Waals surface area contributed by atoms with Crippen molar-refractivity contribution >= 4 is 27.8 Å². The van der Waals surface area contributed by atoms with Crippen molar-refractivity contribution in [2.45, 2.75) is 13.0 Å². The van der Waals surface area contributed by atoms with Crippen LogP contribution in [0, 0.1) is 5.82 Å². The van der Waals surface area contributed by atoms with Gasteiger partial charge in [0.15, 0.2) is 0 Å². The van der Waals surface area contributed by atoms with Gasteiger partial charge < -0.3 is 9.64 Å². The summed E-state index contributed by atoms with van der Waals surface area (Å²) in [7, 11) is 1.29. The predicted molar refractivity (Wildman–Crippen MR) is 91.9 cm³/mol. The highest BCUT2D eigenvalue weighted by atomic mass is 79.9. The van der Waals surface area contributed by atoms with Crippen molar-refractivity contribution in [2.75, 3.05) is 13.7 Å². The number of nitrogens with zero attached hydrogens (tertiary/aromatic N) is 1.